The fourth-order valence-electron chi connectivity index (χ4n) is 2.00. The molecule has 1 aromatic heterocycles. The highest BCUT2D eigenvalue weighted by Crippen LogP contribution is 2.11. The van der Waals surface area contributed by atoms with Crippen LogP contribution in [0.3, 0.4) is 0 Å². The van der Waals surface area contributed by atoms with E-state index in [4.69, 9.17) is 0 Å². The molecule has 5 heteroatoms. The third-order valence-electron chi connectivity index (χ3n) is 3.03. The van der Waals surface area contributed by atoms with Crippen LogP contribution >= 0.6 is 0 Å². The number of carbonyl (C=O) groups is 1. The standard InChI is InChI=1S/C16H18FN3O/c1-2-18-15-13(7-5-10-19-15)16(21)20-11-9-12-6-3-4-8-14(12)17/h3-8,10H,2,9,11H2,1H3,(H,18,19)(H,20,21). The van der Waals surface area contributed by atoms with Crippen LogP contribution < -0.4 is 10.6 Å². The van der Waals surface area contributed by atoms with Gasteiger partial charge in [0, 0.05) is 19.3 Å². The highest BCUT2D eigenvalue weighted by molar-refractivity contribution is 5.98. The molecule has 0 unspecified atom stereocenters. The number of anilines is 1. The maximum absolute atomic E-state index is 13.5. The van der Waals surface area contributed by atoms with Gasteiger partial charge >= 0.3 is 0 Å². The Bertz CT molecular complexity index is 616. The Kier molecular flexibility index (Phi) is 5.26. The minimum absolute atomic E-state index is 0.213. The highest BCUT2D eigenvalue weighted by Gasteiger charge is 2.11. The number of hydrogen-bond acceptors (Lipinski definition) is 3. The molecule has 1 aromatic carbocycles. The second kappa shape index (κ2) is 7.38. The average Bonchev–Trinajstić information content (AvgIpc) is 2.50. The van der Waals surface area contributed by atoms with Gasteiger partial charge in [0.2, 0.25) is 0 Å². The van der Waals surface area contributed by atoms with Gasteiger partial charge in [0.25, 0.3) is 5.91 Å². The van der Waals surface area contributed by atoms with Crippen LogP contribution in [0.2, 0.25) is 0 Å². The summed E-state index contributed by atoms with van der Waals surface area (Å²) in [6, 6.07) is 9.99. The van der Waals surface area contributed by atoms with E-state index in [1.165, 1.54) is 6.07 Å². The molecule has 0 radical (unpaired) electrons. The number of rotatable bonds is 6. The summed E-state index contributed by atoms with van der Waals surface area (Å²) in [5.74, 6) is 0.0975. The quantitative estimate of drug-likeness (QED) is 0.858. The summed E-state index contributed by atoms with van der Waals surface area (Å²) in [6.07, 6.45) is 2.09. The van der Waals surface area contributed by atoms with Crippen LogP contribution in [0.15, 0.2) is 42.6 Å². The molecule has 0 saturated carbocycles. The maximum atomic E-state index is 13.5. The summed E-state index contributed by atoms with van der Waals surface area (Å²) >= 11 is 0. The van der Waals surface area contributed by atoms with E-state index in [2.05, 4.69) is 15.6 Å². The van der Waals surface area contributed by atoms with Gasteiger partial charge < -0.3 is 10.6 Å². The lowest BCUT2D eigenvalue weighted by Crippen LogP contribution is -2.27. The van der Waals surface area contributed by atoms with Gasteiger partial charge in [-0.2, -0.15) is 0 Å². The number of pyridine rings is 1. The lowest BCUT2D eigenvalue weighted by Gasteiger charge is -2.10. The van der Waals surface area contributed by atoms with Crippen molar-refractivity contribution in [3.63, 3.8) is 0 Å². The van der Waals surface area contributed by atoms with Gasteiger partial charge in [-0.1, -0.05) is 18.2 Å². The molecule has 1 amide bonds. The molecule has 110 valence electrons. The van der Waals surface area contributed by atoms with Crippen molar-refractivity contribution in [3.8, 4) is 0 Å². The van der Waals surface area contributed by atoms with Gasteiger partial charge in [-0.3, -0.25) is 4.79 Å². The first-order valence-electron chi connectivity index (χ1n) is 6.93. The van der Waals surface area contributed by atoms with Gasteiger partial charge in [0.15, 0.2) is 0 Å². The van der Waals surface area contributed by atoms with E-state index in [0.717, 1.165) is 0 Å². The van der Waals surface area contributed by atoms with Crippen molar-refractivity contribution in [1.29, 1.82) is 0 Å². The van der Waals surface area contributed by atoms with Gasteiger partial charge in [0.1, 0.15) is 11.6 Å². The highest BCUT2D eigenvalue weighted by atomic mass is 19.1. The average molecular weight is 287 g/mol. The van der Waals surface area contributed by atoms with Gasteiger partial charge in [-0.05, 0) is 37.1 Å². The molecule has 0 aliphatic heterocycles. The molecular weight excluding hydrogens is 269 g/mol. The van der Waals surface area contributed by atoms with E-state index in [1.54, 1.807) is 36.5 Å². The molecule has 21 heavy (non-hydrogen) atoms. The van der Waals surface area contributed by atoms with Crippen molar-refractivity contribution in [2.24, 2.45) is 0 Å². The predicted molar refractivity (Wildman–Crippen MR) is 80.8 cm³/mol. The smallest absolute Gasteiger partial charge is 0.255 e. The van der Waals surface area contributed by atoms with Crippen molar-refractivity contribution in [2.45, 2.75) is 13.3 Å². The summed E-state index contributed by atoms with van der Waals surface area (Å²) in [5.41, 5.74) is 1.09. The van der Waals surface area contributed by atoms with Gasteiger partial charge in [-0.25, -0.2) is 9.37 Å². The third-order valence-corrected chi connectivity index (χ3v) is 3.03. The van der Waals surface area contributed by atoms with Crippen molar-refractivity contribution < 1.29 is 9.18 Å². The van der Waals surface area contributed by atoms with Gasteiger partial charge in [0.05, 0.1) is 5.56 Å². The predicted octanol–water partition coefficient (Wildman–Crippen LogP) is 2.63. The van der Waals surface area contributed by atoms with Crippen molar-refractivity contribution in [3.05, 3.63) is 59.5 Å². The molecule has 0 saturated heterocycles. The molecule has 0 fully saturated rings. The van der Waals surface area contributed by atoms with Crippen LogP contribution in [0.4, 0.5) is 10.2 Å². The number of amides is 1. The van der Waals surface area contributed by atoms with E-state index in [0.29, 0.717) is 36.5 Å². The van der Waals surface area contributed by atoms with Crippen molar-refractivity contribution >= 4 is 11.7 Å². The molecule has 4 nitrogen and oxygen atoms in total. The molecule has 0 bridgehead atoms. The summed E-state index contributed by atoms with van der Waals surface area (Å²) < 4.78 is 13.5. The zero-order valence-corrected chi connectivity index (χ0v) is 11.9. The van der Waals surface area contributed by atoms with E-state index in [1.807, 2.05) is 6.92 Å². The number of benzene rings is 1. The number of aromatic nitrogens is 1. The maximum Gasteiger partial charge on any atom is 0.255 e. The Balaban J connectivity index is 1.95. The van der Waals surface area contributed by atoms with Gasteiger partial charge in [-0.15, -0.1) is 0 Å². The Labute approximate surface area is 123 Å². The monoisotopic (exact) mass is 287 g/mol. The molecule has 0 aliphatic rings. The number of carbonyl (C=O) groups excluding carboxylic acids is 1. The Morgan fingerprint density at radius 3 is 2.81 bits per heavy atom. The Morgan fingerprint density at radius 1 is 1.24 bits per heavy atom. The van der Waals surface area contributed by atoms with Crippen LogP contribution in [0.5, 0.6) is 0 Å². The lowest BCUT2D eigenvalue weighted by atomic mass is 10.1. The first-order chi connectivity index (χ1) is 10.2. The zero-order chi connectivity index (χ0) is 15.1. The van der Waals surface area contributed by atoms with Crippen LogP contribution in [0, 0.1) is 5.82 Å². The minimum atomic E-state index is -0.249. The third kappa shape index (κ3) is 4.02. The number of nitrogens with one attached hydrogen (secondary N) is 2. The van der Waals surface area contributed by atoms with E-state index >= 15 is 0 Å². The number of hydrogen-bond donors (Lipinski definition) is 2. The molecule has 2 rings (SSSR count). The van der Waals surface area contributed by atoms with E-state index in [9.17, 15) is 9.18 Å². The number of nitrogens with zero attached hydrogens (tertiary/aromatic N) is 1. The molecule has 2 aromatic rings. The second-order valence-electron chi connectivity index (χ2n) is 4.53. The second-order valence-corrected chi connectivity index (χ2v) is 4.53. The Hall–Kier alpha value is -2.43. The molecule has 2 N–H and O–H groups in total. The molecular formula is C16H18FN3O. The summed E-state index contributed by atoms with van der Waals surface area (Å²) in [7, 11) is 0. The van der Waals surface area contributed by atoms with Crippen LogP contribution in [-0.2, 0) is 6.42 Å². The molecule has 0 aliphatic carbocycles. The number of halogens is 1. The zero-order valence-electron chi connectivity index (χ0n) is 11.9. The topological polar surface area (TPSA) is 54.0 Å². The SMILES string of the molecule is CCNc1ncccc1C(=O)NCCc1ccccc1F. The molecule has 0 atom stereocenters. The molecule has 1 heterocycles. The van der Waals surface area contributed by atoms with Crippen LogP contribution in [0.25, 0.3) is 0 Å². The van der Waals surface area contributed by atoms with Crippen LogP contribution in [-0.4, -0.2) is 24.0 Å². The first-order valence-corrected chi connectivity index (χ1v) is 6.93. The van der Waals surface area contributed by atoms with Crippen molar-refractivity contribution in [1.82, 2.24) is 10.3 Å². The van der Waals surface area contributed by atoms with Crippen molar-refractivity contribution in [2.75, 3.05) is 18.4 Å². The van der Waals surface area contributed by atoms with E-state index < -0.39 is 0 Å². The summed E-state index contributed by atoms with van der Waals surface area (Å²) in [6.45, 7) is 3.00. The first kappa shape index (κ1) is 15.0. The largest absolute Gasteiger partial charge is 0.370 e. The fraction of sp³-hybridized carbons (Fsp3) is 0.250. The normalized spacial score (nSPS) is 10.2. The van der Waals surface area contributed by atoms with E-state index in [-0.39, 0.29) is 11.7 Å². The Morgan fingerprint density at radius 2 is 2.05 bits per heavy atom. The fourth-order valence-corrected chi connectivity index (χ4v) is 2.00. The summed E-state index contributed by atoms with van der Waals surface area (Å²) in [5, 5.41) is 5.83. The van der Waals surface area contributed by atoms with Crippen LogP contribution in [0.1, 0.15) is 22.8 Å². The minimum Gasteiger partial charge on any atom is -0.370 e. The summed E-state index contributed by atoms with van der Waals surface area (Å²) in [4.78, 5) is 16.3. The lowest BCUT2D eigenvalue weighted by molar-refractivity contribution is 0.0954. The molecule has 0 spiro atoms.